The molecule has 0 unspecified atom stereocenters. The van der Waals surface area contributed by atoms with Gasteiger partial charge in [0.1, 0.15) is 46.0 Å². The van der Waals surface area contributed by atoms with Crippen LogP contribution in [0.15, 0.2) is 70.5 Å². The van der Waals surface area contributed by atoms with Gasteiger partial charge in [0, 0.05) is 35.0 Å². The van der Waals surface area contributed by atoms with Gasteiger partial charge in [-0.05, 0) is 101 Å². The highest BCUT2D eigenvalue weighted by molar-refractivity contribution is 7.86. The Bertz CT molecular complexity index is 1900. The average Bonchev–Trinajstić information content (AvgIpc) is 3.07. The number of hydrogen-bond acceptors (Lipinski definition) is 10. The fourth-order valence-corrected chi connectivity index (χ4v) is 6.74. The molecule has 0 aromatic heterocycles. The molecule has 300 valence electrons. The number of benzene rings is 4. The van der Waals surface area contributed by atoms with E-state index in [0.29, 0.717) is 25.0 Å². The van der Waals surface area contributed by atoms with Crippen LogP contribution in [0.3, 0.4) is 0 Å². The molecule has 2 N–H and O–H groups in total. The molecule has 0 fully saturated rings. The Morgan fingerprint density at radius 2 is 0.907 bits per heavy atom. The molecule has 14 heteroatoms. The van der Waals surface area contributed by atoms with Gasteiger partial charge in [0.2, 0.25) is 0 Å². The number of nitrogens with zero attached hydrogens (tertiary/aromatic N) is 2. The summed E-state index contributed by atoms with van der Waals surface area (Å²) >= 11 is 0. The van der Waals surface area contributed by atoms with E-state index in [1.165, 1.54) is 35.4 Å². The van der Waals surface area contributed by atoms with Gasteiger partial charge in [-0.2, -0.15) is 16.8 Å². The molecule has 4 aromatic rings. The lowest BCUT2D eigenvalue weighted by Crippen LogP contribution is -2.19. The summed E-state index contributed by atoms with van der Waals surface area (Å²) in [6.45, 7) is 16.0. The van der Waals surface area contributed by atoms with Crippen LogP contribution in [0.2, 0.25) is 0 Å². The van der Waals surface area contributed by atoms with Crippen molar-refractivity contribution in [1.29, 1.82) is 0 Å². The highest BCUT2D eigenvalue weighted by Gasteiger charge is 2.19. The zero-order valence-corrected chi connectivity index (χ0v) is 35.3. The van der Waals surface area contributed by atoms with Crippen LogP contribution in [0, 0.1) is 13.8 Å². The van der Waals surface area contributed by atoms with Crippen LogP contribution in [-0.4, -0.2) is 104 Å². The number of fused-ring (bicyclic) bond motifs is 1. The lowest BCUT2D eigenvalue weighted by molar-refractivity contribution is 0.258. The number of methoxy groups -OCH3 is 2. The molecule has 12 nitrogen and oxygen atoms in total. The number of likely N-dealkylation sites (N-methyl/N-ethyl adjacent to an activating group) is 2. The molecule has 4 aromatic carbocycles. The van der Waals surface area contributed by atoms with Crippen LogP contribution in [-0.2, 0) is 20.2 Å². The van der Waals surface area contributed by atoms with E-state index >= 15 is 0 Å². The fraction of sp³-hybridized carbons (Fsp3) is 0.450. The molecule has 0 aliphatic heterocycles. The highest BCUT2D eigenvalue weighted by Crippen LogP contribution is 2.34. The minimum Gasteiger partial charge on any atom is -0.496 e. The first-order chi connectivity index (χ1) is 25.1. The monoisotopic (exact) mass is 790 g/mol. The van der Waals surface area contributed by atoms with Gasteiger partial charge in [-0.25, -0.2) is 0 Å². The van der Waals surface area contributed by atoms with Crippen LogP contribution < -0.4 is 18.9 Å². The van der Waals surface area contributed by atoms with E-state index in [4.69, 9.17) is 28.1 Å². The van der Waals surface area contributed by atoms with Gasteiger partial charge < -0.3 is 28.7 Å². The summed E-state index contributed by atoms with van der Waals surface area (Å²) in [7, 11) is 2.67. The second-order valence-corrected chi connectivity index (χ2v) is 16.7. The molecule has 0 atom stereocenters. The molecule has 0 aliphatic carbocycles. The molecule has 0 amide bonds. The Balaban J connectivity index is 0.000000280. The Kier molecular flexibility index (Phi) is 17.7. The maximum atomic E-state index is 11.2. The van der Waals surface area contributed by atoms with Crippen molar-refractivity contribution in [2.45, 2.75) is 63.2 Å². The van der Waals surface area contributed by atoms with Gasteiger partial charge in [-0.3, -0.25) is 9.11 Å². The molecule has 0 saturated heterocycles. The second kappa shape index (κ2) is 20.7. The van der Waals surface area contributed by atoms with E-state index in [2.05, 4.69) is 61.8 Å². The number of rotatable bonds is 14. The van der Waals surface area contributed by atoms with Crippen LogP contribution in [0.4, 0.5) is 0 Å². The van der Waals surface area contributed by atoms with Gasteiger partial charge in [0.25, 0.3) is 20.2 Å². The van der Waals surface area contributed by atoms with E-state index in [-0.39, 0.29) is 10.8 Å². The quantitative estimate of drug-likeness (QED) is 0.122. The minimum absolute atomic E-state index is 0.0233. The van der Waals surface area contributed by atoms with Gasteiger partial charge in [-0.1, -0.05) is 52.0 Å². The molecule has 0 aliphatic rings. The zero-order valence-electron chi connectivity index (χ0n) is 33.6. The Hall–Kier alpha value is -3.92. The highest BCUT2D eigenvalue weighted by atomic mass is 32.2. The largest absolute Gasteiger partial charge is 0.496 e. The third-order valence-corrected chi connectivity index (χ3v) is 10.1. The standard InChI is InChI=1S/2C15H25NO2.C10H8O6S2/c2*1-11(2)13-10-14(17-6)12(3)9-15(13)18-8-7-16(4)5;11-17(12,13)9-5-1-3-7-8(9)4-2-6-10(7)18(14,15)16/h2*9-11H,7-8H2,1-6H3;1-6H,(H,11,12,13)(H,14,15,16). The molecule has 54 heavy (non-hydrogen) atoms. The molecule has 0 bridgehead atoms. The number of hydrogen-bond donors (Lipinski definition) is 2. The van der Waals surface area contributed by atoms with Gasteiger partial charge in [-0.15, -0.1) is 0 Å². The van der Waals surface area contributed by atoms with Gasteiger partial charge in [0.05, 0.1) is 14.2 Å². The molecule has 0 radical (unpaired) electrons. The van der Waals surface area contributed by atoms with Crippen LogP contribution in [0.1, 0.15) is 61.8 Å². The third kappa shape index (κ3) is 13.7. The molecule has 0 spiro atoms. The Morgan fingerprint density at radius 3 is 1.17 bits per heavy atom. The molecule has 0 saturated carbocycles. The molecular formula is C40H58N2O10S2. The topological polar surface area (TPSA) is 152 Å². The van der Waals surface area contributed by atoms with Crippen LogP contribution in [0.5, 0.6) is 23.0 Å². The number of aryl methyl sites for hydroxylation is 2. The fourth-order valence-electron chi connectivity index (χ4n) is 5.33. The first kappa shape index (κ1) is 46.2. The summed E-state index contributed by atoms with van der Waals surface area (Å²) in [6, 6.07) is 15.8. The van der Waals surface area contributed by atoms with Crippen molar-refractivity contribution in [1.82, 2.24) is 9.80 Å². The van der Waals surface area contributed by atoms with Crippen LogP contribution in [0.25, 0.3) is 10.8 Å². The van der Waals surface area contributed by atoms with Gasteiger partial charge >= 0.3 is 0 Å². The van der Waals surface area contributed by atoms with Gasteiger partial charge in [0.15, 0.2) is 0 Å². The van der Waals surface area contributed by atoms with Crippen molar-refractivity contribution in [3.63, 3.8) is 0 Å². The first-order valence-corrected chi connectivity index (χ1v) is 20.4. The molecule has 0 heterocycles. The van der Waals surface area contributed by atoms with E-state index in [0.717, 1.165) is 59.3 Å². The third-order valence-electron chi connectivity index (χ3n) is 8.29. The van der Waals surface area contributed by atoms with Crippen molar-refractivity contribution in [3.05, 3.63) is 82.9 Å². The van der Waals surface area contributed by atoms with Crippen molar-refractivity contribution in [2.24, 2.45) is 0 Å². The van der Waals surface area contributed by atoms with Crippen molar-refractivity contribution < 1.29 is 44.9 Å². The SMILES string of the molecule is COc1cc(C(C)C)c(OCCN(C)C)cc1C.COc1cc(C(C)C)c(OCCN(C)C)cc1C.O=S(=O)(O)c1cccc2c(S(=O)(=O)O)cccc12. The predicted molar refractivity (Wildman–Crippen MR) is 215 cm³/mol. The summed E-state index contributed by atoms with van der Waals surface area (Å²) < 4.78 is 85.2. The van der Waals surface area contributed by atoms with E-state index in [1.54, 1.807) is 14.2 Å². The summed E-state index contributed by atoms with van der Waals surface area (Å²) in [5.41, 5.74) is 4.64. The van der Waals surface area contributed by atoms with Crippen molar-refractivity contribution in [3.8, 4) is 23.0 Å². The maximum Gasteiger partial charge on any atom is 0.295 e. The van der Waals surface area contributed by atoms with E-state index < -0.39 is 30.0 Å². The Labute approximate surface area is 322 Å². The van der Waals surface area contributed by atoms with E-state index in [9.17, 15) is 16.8 Å². The number of ether oxygens (including phenoxy) is 4. The van der Waals surface area contributed by atoms with Crippen molar-refractivity contribution in [2.75, 3.05) is 68.7 Å². The first-order valence-electron chi connectivity index (χ1n) is 17.5. The zero-order chi connectivity index (χ0) is 41.0. The molecular weight excluding hydrogens is 733 g/mol. The summed E-state index contributed by atoms with van der Waals surface area (Å²) in [4.78, 5) is 3.41. The van der Waals surface area contributed by atoms with Crippen LogP contribution >= 0.6 is 0 Å². The lowest BCUT2D eigenvalue weighted by atomic mass is 10.00. The normalized spacial score (nSPS) is 11.7. The summed E-state index contributed by atoms with van der Waals surface area (Å²) in [6.07, 6.45) is 0. The Morgan fingerprint density at radius 1 is 0.574 bits per heavy atom. The average molecular weight is 791 g/mol. The second-order valence-electron chi connectivity index (χ2n) is 13.9. The summed E-state index contributed by atoms with van der Waals surface area (Å²) in [5, 5.41) is 0.0465. The summed E-state index contributed by atoms with van der Waals surface area (Å²) in [5.74, 6) is 4.66. The van der Waals surface area contributed by atoms with Crippen molar-refractivity contribution >= 4 is 31.0 Å². The maximum absolute atomic E-state index is 11.2. The predicted octanol–water partition coefficient (Wildman–Crippen LogP) is 7.47. The lowest BCUT2D eigenvalue weighted by Gasteiger charge is -2.18. The molecule has 4 rings (SSSR count). The van der Waals surface area contributed by atoms with E-state index in [1.807, 2.05) is 42.0 Å². The smallest absolute Gasteiger partial charge is 0.295 e. The minimum atomic E-state index is -4.47.